The van der Waals surface area contributed by atoms with Crippen molar-refractivity contribution in [3.8, 4) is 0 Å². The Labute approximate surface area is 185 Å². The van der Waals surface area contributed by atoms with E-state index in [2.05, 4.69) is 36.4 Å². The summed E-state index contributed by atoms with van der Waals surface area (Å²) in [7, 11) is 0. The lowest BCUT2D eigenvalue weighted by Crippen LogP contribution is -2.45. The number of rotatable bonds is 3. The SMILES string of the molecule is O=C(O)N[C@@H]1CCC[C@]12CCN(c1cnc3c(N4CCCc5ncccc54)n[nH]c3n1)C2. The van der Waals surface area contributed by atoms with Gasteiger partial charge in [-0.15, -0.1) is 0 Å². The molecule has 3 aromatic rings. The van der Waals surface area contributed by atoms with Crippen LogP contribution in [0.2, 0.25) is 0 Å². The second kappa shape index (κ2) is 7.32. The summed E-state index contributed by atoms with van der Waals surface area (Å²) in [6, 6.07) is 4.04. The van der Waals surface area contributed by atoms with Crippen molar-refractivity contribution in [2.24, 2.45) is 5.41 Å². The third-order valence-corrected chi connectivity index (χ3v) is 7.36. The van der Waals surface area contributed by atoms with Gasteiger partial charge in [0.25, 0.3) is 0 Å². The number of hydrogen-bond acceptors (Lipinski definition) is 7. The fourth-order valence-electron chi connectivity index (χ4n) is 5.83. The minimum atomic E-state index is -0.935. The number of H-pyrrole nitrogens is 1. The number of hydrogen-bond donors (Lipinski definition) is 3. The fraction of sp³-hybridized carbons (Fsp3) is 0.500. The van der Waals surface area contributed by atoms with Gasteiger partial charge in [0.15, 0.2) is 17.0 Å². The van der Waals surface area contributed by atoms with Crippen LogP contribution in [0, 0.1) is 5.41 Å². The standard InChI is InChI=1S/C22H26N8O2/c31-21(32)25-16-6-1-7-22(16)8-11-29(13-22)17-12-24-18-19(26-17)27-28-20(18)30-10-3-4-14-15(30)5-2-9-23-14/h2,5,9,12,16,25H,1,3-4,6-8,10-11,13H2,(H,31,32)(H,26,27,28)/t16-,22-/m1/s1. The molecule has 0 unspecified atom stereocenters. The molecule has 1 spiro atoms. The molecule has 5 heterocycles. The predicted molar refractivity (Wildman–Crippen MR) is 119 cm³/mol. The number of amides is 1. The van der Waals surface area contributed by atoms with Crippen molar-refractivity contribution in [2.45, 2.75) is 44.6 Å². The Morgan fingerprint density at radius 2 is 2.19 bits per heavy atom. The van der Waals surface area contributed by atoms with Crippen LogP contribution in [0.4, 0.5) is 22.1 Å². The number of pyridine rings is 1. The van der Waals surface area contributed by atoms with Crippen molar-refractivity contribution in [3.63, 3.8) is 0 Å². The van der Waals surface area contributed by atoms with Gasteiger partial charge in [-0.2, -0.15) is 5.10 Å². The maximum absolute atomic E-state index is 11.2. The Kier molecular flexibility index (Phi) is 4.41. The molecule has 10 heteroatoms. The third-order valence-electron chi connectivity index (χ3n) is 7.36. The molecule has 2 atom stereocenters. The van der Waals surface area contributed by atoms with Crippen LogP contribution in [-0.2, 0) is 6.42 Å². The number of carboxylic acid groups (broad SMARTS) is 1. The van der Waals surface area contributed by atoms with E-state index in [1.54, 1.807) is 0 Å². The van der Waals surface area contributed by atoms with Crippen LogP contribution in [0.15, 0.2) is 24.5 Å². The Morgan fingerprint density at radius 3 is 3.09 bits per heavy atom. The first-order valence-corrected chi connectivity index (χ1v) is 11.3. The molecule has 10 nitrogen and oxygen atoms in total. The lowest BCUT2D eigenvalue weighted by molar-refractivity contribution is 0.174. The summed E-state index contributed by atoms with van der Waals surface area (Å²) < 4.78 is 0. The molecular weight excluding hydrogens is 408 g/mol. The normalized spacial score (nSPS) is 24.9. The first-order chi connectivity index (χ1) is 15.6. The van der Waals surface area contributed by atoms with Gasteiger partial charge >= 0.3 is 6.09 Å². The molecule has 1 amide bonds. The molecule has 2 aliphatic heterocycles. The summed E-state index contributed by atoms with van der Waals surface area (Å²) in [5.74, 6) is 1.60. The van der Waals surface area contributed by atoms with E-state index < -0.39 is 6.09 Å². The van der Waals surface area contributed by atoms with Gasteiger partial charge in [-0.25, -0.2) is 14.8 Å². The van der Waals surface area contributed by atoms with E-state index in [1.807, 2.05) is 18.5 Å². The molecule has 0 bridgehead atoms. The number of carbonyl (C=O) groups is 1. The maximum atomic E-state index is 11.2. The summed E-state index contributed by atoms with van der Waals surface area (Å²) in [6.07, 6.45) is 8.68. The molecule has 2 fully saturated rings. The molecule has 0 aromatic carbocycles. The lowest BCUT2D eigenvalue weighted by atomic mass is 9.82. The van der Waals surface area contributed by atoms with Crippen molar-refractivity contribution in [1.29, 1.82) is 0 Å². The van der Waals surface area contributed by atoms with Gasteiger partial charge in [0, 0.05) is 37.3 Å². The third kappa shape index (κ3) is 3.04. The number of fused-ring (bicyclic) bond motifs is 2. The molecule has 6 rings (SSSR count). The first-order valence-electron chi connectivity index (χ1n) is 11.3. The Bertz CT molecular complexity index is 1180. The van der Waals surface area contributed by atoms with E-state index in [1.165, 1.54) is 0 Å². The topological polar surface area (TPSA) is 123 Å². The Hall–Kier alpha value is -3.43. The van der Waals surface area contributed by atoms with Crippen LogP contribution in [-0.4, -0.2) is 62.0 Å². The van der Waals surface area contributed by atoms with Crippen LogP contribution < -0.4 is 15.1 Å². The number of aromatic amines is 1. The van der Waals surface area contributed by atoms with Gasteiger partial charge in [-0.3, -0.25) is 10.1 Å². The fourth-order valence-corrected chi connectivity index (χ4v) is 5.83. The molecule has 32 heavy (non-hydrogen) atoms. The highest BCUT2D eigenvalue weighted by Crippen LogP contribution is 2.46. The molecule has 3 N–H and O–H groups in total. The molecular formula is C22H26N8O2. The van der Waals surface area contributed by atoms with Crippen LogP contribution in [0.1, 0.15) is 37.8 Å². The summed E-state index contributed by atoms with van der Waals surface area (Å²) >= 11 is 0. The van der Waals surface area contributed by atoms with Gasteiger partial charge < -0.3 is 20.2 Å². The highest BCUT2D eigenvalue weighted by molar-refractivity contribution is 5.87. The van der Waals surface area contributed by atoms with Crippen LogP contribution in [0.5, 0.6) is 0 Å². The van der Waals surface area contributed by atoms with Crippen molar-refractivity contribution < 1.29 is 9.90 Å². The van der Waals surface area contributed by atoms with Gasteiger partial charge in [-0.05, 0) is 44.2 Å². The summed E-state index contributed by atoms with van der Waals surface area (Å²) in [5, 5.41) is 19.6. The van der Waals surface area contributed by atoms with E-state index >= 15 is 0 Å². The molecule has 3 aliphatic rings. The van der Waals surface area contributed by atoms with E-state index in [-0.39, 0.29) is 11.5 Å². The van der Waals surface area contributed by atoms with Gasteiger partial charge in [-0.1, -0.05) is 6.42 Å². The minimum absolute atomic E-state index is 0.00762. The average molecular weight is 435 g/mol. The predicted octanol–water partition coefficient (Wildman–Crippen LogP) is 2.85. The van der Waals surface area contributed by atoms with Crippen LogP contribution >= 0.6 is 0 Å². The Morgan fingerprint density at radius 1 is 1.25 bits per heavy atom. The molecule has 0 radical (unpaired) electrons. The number of anilines is 3. The molecule has 1 aliphatic carbocycles. The van der Waals surface area contributed by atoms with Crippen LogP contribution in [0.3, 0.4) is 0 Å². The van der Waals surface area contributed by atoms with Crippen molar-refractivity contribution in [3.05, 3.63) is 30.2 Å². The molecule has 166 valence electrons. The number of nitrogens with one attached hydrogen (secondary N) is 2. The smallest absolute Gasteiger partial charge is 0.404 e. The molecule has 1 saturated carbocycles. The monoisotopic (exact) mass is 434 g/mol. The highest BCUT2D eigenvalue weighted by Gasteiger charge is 2.48. The number of aromatic nitrogens is 5. The zero-order valence-electron chi connectivity index (χ0n) is 17.8. The van der Waals surface area contributed by atoms with Crippen molar-refractivity contribution in [1.82, 2.24) is 30.5 Å². The quantitative estimate of drug-likeness (QED) is 0.575. The zero-order chi connectivity index (χ0) is 21.7. The van der Waals surface area contributed by atoms with Crippen molar-refractivity contribution in [2.75, 3.05) is 29.4 Å². The number of aryl methyl sites for hydroxylation is 1. The second-order valence-corrected chi connectivity index (χ2v) is 9.13. The highest BCUT2D eigenvalue weighted by atomic mass is 16.4. The summed E-state index contributed by atoms with van der Waals surface area (Å²) in [5.41, 5.74) is 3.57. The zero-order valence-corrected chi connectivity index (χ0v) is 17.8. The van der Waals surface area contributed by atoms with E-state index in [9.17, 15) is 9.90 Å². The lowest BCUT2D eigenvalue weighted by Gasteiger charge is -2.31. The summed E-state index contributed by atoms with van der Waals surface area (Å²) in [4.78, 5) is 29.7. The average Bonchev–Trinajstić information content (AvgIpc) is 3.52. The van der Waals surface area contributed by atoms with E-state index in [0.29, 0.717) is 5.65 Å². The van der Waals surface area contributed by atoms with E-state index in [0.717, 1.165) is 86.7 Å². The van der Waals surface area contributed by atoms with Gasteiger partial charge in [0.1, 0.15) is 5.82 Å². The van der Waals surface area contributed by atoms with Gasteiger partial charge in [0.05, 0.1) is 17.6 Å². The van der Waals surface area contributed by atoms with Crippen molar-refractivity contribution >= 4 is 34.6 Å². The maximum Gasteiger partial charge on any atom is 0.404 e. The summed E-state index contributed by atoms with van der Waals surface area (Å²) in [6.45, 7) is 2.52. The largest absolute Gasteiger partial charge is 0.465 e. The first kappa shape index (κ1) is 19.3. The molecule has 1 saturated heterocycles. The second-order valence-electron chi connectivity index (χ2n) is 9.13. The van der Waals surface area contributed by atoms with E-state index in [4.69, 9.17) is 9.97 Å². The number of nitrogens with zero attached hydrogens (tertiary/aromatic N) is 6. The molecule has 3 aromatic heterocycles. The van der Waals surface area contributed by atoms with Crippen LogP contribution in [0.25, 0.3) is 11.2 Å². The minimum Gasteiger partial charge on any atom is -0.465 e. The van der Waals surface area contributed by atoms with Gasteiger partial charge in [0.2, 0.25) is 0 Å². The Balaban J connectivity index is 1.27.